The summed E-state index contributed by atoms with van der Waals surface area (Å²) in [4.78, 5) is 22.3. The minimum absolute atomic E-state index is 0.174. The van der Waals surface area contributed by atoms with Crippen LogP contribution < -0.4 is 0 Å². The Kier molecular flexibility index (Phi) is 14.7. The van der Waals surface area contributed by atoms with Crippen LogP contribution in [0.2, 0.25) is 0 Å². The smallest absolute Gasteiger partial charge is 0.367 e. The van der Waals surface area contributed by atoms with Crippen LogP contribution in [0.4, 0.5) is 13.2 Å². The van der Waals surface area contributed by atoms with Crippen molar-refractivity contribution < 1.29 is 27.3 Å². The van der Waals surface area contributed by atoms with Crippen LogP contribution in [-0.4, -0.2) is 21.2 Å². The molecule has 0 atom stereocenters. The molecule has 236 valence electrons. The summed E-state index contributed by atoms with van der Waals surface area (Å²) in [5, 5.41) is 5.63. The summed E-state index contributed by atoms with van der Waals surface area (Å²) in [5.74, 6) is 1.04. The van der Waals surface area contributed by atoms with Crippen molar-refractivity contribution in [3.8, 4) is 0 Å². The first-order valence-corrected chi connectivity index (χ1v) is 15.8. The highest BCUT2D eigenvalue weighted by atomic mass is 19.4. The van der Waals surface area contributed by atoms with E-state index in [1.807, 2.05) is 31.2 Å². The van der Waals surface area contributed by atoms with Crippen LogP contribution >= 0.6 is 0 Å². The van der Waals surface area contributed by atoms with E-state index in [1.165, 1.54) is 68.6 Å². The molecule has 0 fully saturated rings. The molecule has 0 N–H and O–H groups in total. The Balaban J connectivity index is 1.44. The fourth-order valence-electron chi connectivity index (χ4n) is 4.87. The number of aryl methyl sites for hydroxylation is 3. The SMILES string of the molecule is CCCCCCCCCCCc1noc(CCc2ccc(CN(Cc3ccc(C(F)(F)F)cc3)OC(=O)CCC)cc2)n1. The van der Waals surface area contributed by atoms with Crippen molar-refractivity contribution in [2.75, 3.05) is 0 Å². The normalized spacial score (nSPS) is 11.8. The van der Waals surface area contributed by atoms with Crippen molar-refractivity contribution in [3.05, 3.63) is 82.5 Å². The lowest BCUT2D eigenvalue weighted by Crippen LogP contribution is -2.26. The molecule has 0 aliphatic carbocycles. The van der Waals surface area contributed by atoms with Gasteiger partial charge in [0.25, 0.3) is 0 Å². The summed E-state index contributed by atoms with van der Waals surface area (Å²) in [6, 6.07) is 12.9. The van der Waals surface area contributed by atoms with Gasteiger partial charge in [0.1, 0.15) is 0 Å². The van der Waals surface area contributed by atoms with E-state index in [4.69, 9.17) is 9.36 Å². The van der Waals surface area contributed by atoms with Crippen LogP contribution in [0.1, 0.15) is 118 Å². The van der Waals surface area contributed by atoms with Crippen molar-refractivity contribution in [2.24, 2.45) is 0 Å². The van der Waals surface area contributed by atoms with Gasteiger partial charge in [0.05, 0.1) is 18.7 Å². The second kappa shape index (κ2) is 18.5. The van der Waals surface area contributed by atoms with Crippen LogP contribution in [0.5, 0.6) is 0 Å². The Morgan fingerprint density at radius 2 is 1.30 bits per heavy atom. The molecule has 9 heteroatoms. The summed E-state index contributed by atoms with van der Waals surface area (Å²) >= 11 is 0. The zero-order chi connectivity index (χ0) is 30.9. The summed E-state index contributed by atoms with van der Waals surface area (Å²) in [5.41, 5.74) is 1.93. The topological polar surface area (TPSA) is 68.5 Å². The number of benzene rings is 2. The third-order valence-corrected chi connectivity index (χ3v) is 7.35. The Hall–Kier alpha value is -3.20. The fraction of sp³-hybridized carbons (Fsp3) is 0.559. The largest absolute Gasteiger partial charge is 0.416 e. The Morgan fingerprint density at radius 3 is 1.88 bits per heavy atom. The van der Waals surface area contributed by atoms with Gasteiger partial charge < -0.3 is 9.36 Å². The van der Waals surface area contributed by atoms with E-state index in [2.05, 4.69) is 17.1 Å². The zero-order valence-corrected chi connectivity index (χ0v) is 25.6. The lowest BCUT2D eigenvalue weighted by molar-refractivity contribution is -0.197. The molecule has 6 nitrogen and oxygen atoms in total. The van der Waals surface area contributed by atoms with E-state index in [9.17, 15) is 18.0 Å². The number of aromatic nitrogens is 2. The Morgan fingerprint density at radius 1 is 0.744 bits per heavy atom. The molecule has 0 bridgehead atoms. The van der Waals surface area contributed by atoms with Gasteiger partial charge in [-0.15, -0.1) is 5.06 Å². The van der Waals surface area contributed by atoms with Crippen molar-refractivity contribution in [1.82, 2.24) is 15.2 Å². The van der Waals surface area contributed by atoms with Crippen LogP contribution in [0.25, 0.3) is 0 Å². The third kappa shape index (κ3) is 13.3. The number of alkyl halides is 3. The Labute approximate surface area is 254 Å². The van der Waals surface area contributed by atoms with Gasteiger partial charge in [0.2, 0.25) is 5.89 Å². The van der Waals surface area contributed by atoms with E-state index >= 15 is 0 Å². The molecule has 3 aromatic rings. The molecule has 2 aromatic carbocycles. The number of halogens is 3. The van der Waals surface area contributed by atoms with E-state index in [0.29, 0.717) is 30.8 Å². The fourth-order valence-corrected chi connectivity index (χ4v) is 4.87. The summed E-state index contributed by atoms with van der Waals surface area (Å²) in [7, 11) is 0. The van der Waals surface area contributed by atoms with Gasteiger partial charge in [-0.3, -0.25) is 4.79 Å². The van der Waals surface area contributed by atoms with Crippen LogP contribution in [0.3, 0.4) is 0 Å². The van der Waals surface area contributed by atoms with Gasteiger partial charge >= 0.3 is 12.1 Å². The number of hydrogen-bond donors (Lipinski definition) is 0. The third-order valence-electron chi connectivity index (χ3n) is 7.35. The van der Waals surface area contributed by atoms with E-state index < -0.39 is 11.7 Å². The number of carbonyl (C=O) groups excluding carboxylic acids is 1. The van der Waals surface area contributed by atoms with E-state index in [1.54, 1.807) is 0 Å². The molecule has 0 aliphatic heterocycles. The summed E-state index contributed by atoms with van der Waals surface area (Å²) < 4.78 is 44.3. The van der Waals surface area contributed by atoms with Crippen molar-refractivity contribution in [1.29, 1.82) is 0 Å². The van der Waals surface area contributed by atoms with Gasteiger partial charge in [-0.05, 0) is 48.1 Å². The molecule has 0 saturated carbocycles. The highest BCUT2D eigenvalue weighted by Gasteiger charge is 2.30. The minimum Gasteiger partial charge on any atom is -0.367 e. The first kappa shape index (κ1) is 34.3. The van der Waals surface area contributed by atoms with Crippen LogP contribution in [0, 0.1) is 0 Å². The molecule has 0 aliphatic rings. The second-order valence-electron chi connectivity index (χ2n) is 11.2. The standard InChI is InChI=1S/C34H46F3N3O3/c1-3-5-6-7-8-9-10-11-12-14-31-38-32(42-39-31)24-21-27-15-17-28(18-16-27)25-40(43-33(41)13-4-2)26-29-19-22-30(23-20-29)34(35,36)37/h15-20,22-23H,3-14,21,24-26H2,1-2H3. The lowest BCUT2D eigenvalue weighted by atomic mass is 10.1. The molecule has 0 unspecified atom stereocenters. The summed E-state index contributed by atoms with van der Waals surface area (Å²) in [6.07, 6.45) is 10.3. The molecule has 0 amide bonds. The van der Waals surface area contributed by atoms with Crippen LogP contribution in [0.15, 0.2) is 53.1 Å². The molecule has 0 spiro atoms. The lowest BCUT2D eigenvalue weighted by Gasteiger charge is -2.22. The highest BCUT2D eigenvalue weighted by molar-refractivity contribution is 5.68. The number of hydrogen-bond acceptors (Lipinski definition) is 6. The van der Waals surface area contributed by atoms with Gasteiger partial charge in [-0.2, -0.15) is 18.2 Å². The van der Waals surface area contributed by atoms with E-state index in [-0.39, 0.29) is 18.9 Å². The van der Waals surface area contributed by atoms with Gasteiger partial charge in [-0.25, -0.2) is 0 Å². The predicted octanol–water partition coefficient (Wildman–Crippen LogP) is 9.21. The quantitative estimate of drug-likeness (QED) is 0.0950. The zero-order valence-electron chi connectivity index (χ0n) is 25.6. The Bertz CT molecular complexity index is 1190. The minimum atomic E-state index is -4.40. The number of carbonyl (C=O) groups is 1. The molecule has 0 saturated heterocycles. The van der Waals surface area contributed by atoms with Crippen molar-refractivity contribution in [3.63, 3.8) is 0 Å². The van der Waals surface area contributed by atoms with E-state index in [0.717, 1.165) is 48.3 Å². The molecule has 0 radical (unpaired) electrons. The molecule has 3 rings (SSSR count). The first-order valence-electron chi connectivity index (χ1n) is 15.8. The molecule has 1 aromatic heterocycles. The van der Waals surface area contributed by atoms with Gasteiger partial charge in [0, 0.05) is 19.3 Å². The highest BCUT2D eigenvalue weighted by Crippen LogP contribution is 2.29. The number of unbranched alkanes of at least 4 members (excludes halogenated alkanes) is 8. The number of hydroxylamine groups is 2. The average molecular weight is 602 g/mol. The molecule has 43 heavy (non-hydrogen) atoms. The molecular formula is C34H46F3N3O3. The number of nitrogens with zero attached hydrogens (tertiary/aromatic N) is 3. The first-order chi connectivity index (χ1) is 20.8. The monoisotopic (exact) mass is 601 g/mol. The molecular weight excluding hydrogens is 555 g/mol. The summed E-state index contributed by atoms with van der Waals surface area (Å²) in [6.45, 7) is 4.61. The second-order valence-corrected chi connectivity index (χ2v) is 11.2. The maximum atomic E-state index is 12.9. The van der Waals surface area contributed by atoms with Crippen molar-refractivity contribution in [2.45, 2.75) is 123 Å². The van der Waals surface area contributed by atoms with Crippen molar-refractivity contribution >= 4 is 5.97 Å². The maximum Gasteiger partial charge on any atom is 0.416 e. The number of rotatable bonds is 20. The predicted molar refractivity (Wildman–Crippen MR) is 161 cm³/mol. The average Bonchev–Trinajstić information content (AvgIpc) is 3.43. The molecule has 1 heterocycles. The van der Waals surface area contributed by atoms with Gasteiger partial charge in [-0.1, -0.05) is 107 Å². The van der Waals surface area contributed by atoms with Gasteiger partial charge in [0.15, 0.2) is 5.82 Å². The van der Waals surface area contributed by atoms with Crippen LogP contribution in [-0.2, 0) is 48.2 Å². The maximum absolute atomic E-state index is 12.9.